The first kappa shape index (κ1) is 16.6. The van der Waals surface area contributed by atoms with Gasteiger partial charge in [0.1, 0.15) is 0 Å². The zero-order valence-corrected chi connectivity index (χ0v) is 13.7. The Morgan fingerprint density at radius 2 is 1.61 bits per heavy atom. The molecule has 5 nitrogen and oxygen atoms in total. The fourth-order valence-electron chi connectivity index (χ4n) is 2.01. The van der Waals surface area contributed by atoms with Crippen molar-refractivity contribution >= 4 is 34.8 Å². The highest BCUT2D eigenvalue weighted by Crippen LogP contribution is 2.11. The lowest BCUT2D eigenvalue weighted by Crippen LogP contribution is -2.34. The zero-order chi connectivity index (χ0) is 16.8. The molecule has 0 saturated heterocycles. The highest BCUT2D eigenvalue weighted by molar-refractivity contribution is 7.80. The van der Waals surface area contributed by atoms with Gasteiger partial charge in [0, 0.05) is 23.9 Å². The molecule has 2 aromatic rings. The maximum absolute atomic E-state index is 12.1. The third-order valence-electron chi connectivity index (χ3n) is 3.12. The molecule has 23 heavy (non-hydrogen) atoms. The van der Waals surface area contributed by atoms with Crippen LogP contribution >= 0.6 is 12.2 Å². The molecule has 0 atom stereocenters. The molecule has 2 rings (SSSR count). The number of rotatable bonds is 3. The number of thiocarbonyl (C=S) groups is 1. The van der Waals surface area contributed by atoms with Gasteiger partial charge in [0.15, 0.2) is 5.11 Å². The molecule has 0 bridgehead atoms. The van der Waals surface area contributed by atoms with Crippen molar-refractivity contribution < 1.29 is 9.59 Å². The highest BCUT2D eigenvalue weighted by atomic mass is 32.1. The predicted octanol–water partition coefficient (Wildman–Crippen LogP) is 2.48. The van der Waals surface area contributed by atoms with E-state index in [0.29, 0.717) is 16.8 Å². The van der Waals surface area contributed by atoms with E-state index in [0.717, 1.165) is 5.56 Å². The molecule has 0 fully saturated rings. The molecule has 0 radical (unpaired) electrons. The molecular weight excluding hydrogens is 310 g/mol. The summed E-state index contributed by atoms with van der Waals surface area (Å²) in [6.07, 6.45) is 0. The van der Waals surface area contributed by atoms with E-state index in [1.165, 1.54) is 0 Å². The molecular formula is C17H17N3O2S. The topological polar surface area (TPSA) is 70.2 Å². The van der Waals surface area contributed by atoms with Gasteiger partial charge in [-0.05, 0) is 49.5 Å². The van der Waals surface area contributed by atoms with Crippen molar-refractivity contribution in [2.24, 2.45) is 0 Å². The molecule has 0 aliphatic heterocycles. The van der Waals surface area contributed by atoms with Crippen molar-refractivity contribution in [3.63, 3.8) is 0 Å². The number of amides is 2. The lowest BCUT2D eigenvalue weighted by atomic mass is 10.1. The van der Waals surface area contributed by atoms with Gasteiger partial charge in [-0.2, -0.15) is 0 Å². The van der Waals surface area contributed by atoms with E-state index in [4.69, 9.17) is 12.2 Å². The Balaban J connectivity index is 2.02. The van der Waals surface area contributed by atoms with Crippen molar-refractivity contribution in [3.8, 4) is 0 Å². The Hall–Kier alpha value is -2.73. The summed E-state index contributed by atoms with van der Waals surface area (Å²) in [5, 5.41) is 8.23. The predicted molar refractivity (Wildman–Crippen MR) is 94.7 cm³/mol. The van der Waals surface area contributed by atoms with Crippen LogP contribution in [0.2, 0.25) is 0 Å². The van der Waals surface area contributed by atoms with Crippen molar-refractivity contribution in [1.29, 1.82) is 0 Å². The summed E-state index contributed by atoms with van der Waals surface area (Å²) in [4.78, 5) is 23.7. The summed E-state index contributed by atoms with van der Waals surface area (Å²) in [7, 11) is 1.56. The zero-order valence-electron chi connectivity index (χ0n) is 12.8. The van der Waals surface area contributed by atoms with E-state index in [2.05, 4.69) is 16.0 Å². The number of carbonyl (C=O) groups is 2. The lowest BCUT2D eigenvalue weighted by Gasteiger charge is -2.11. The van der Waals surface area contributed by atoms with Gasteiger partial charge in [0.2, 0.25) is 0 Å². The van der Waals surface area contributed by atoms with E-state index in [9.17, 15) is 9.59 Å². The first-order valence-electron chi connectivity index (χ1n) is 7.01. The largest absolute Gasteiger partial charge is 0.355 e. The van der Waals surface area contributed by atoms with Crippen LogP contribution in [0.25, 0.3) is 0 Å². The standard InChI is InChI=1S/C17H17N3O2S/c1-11-5-3-6-12(9-11)16(22)20-17(23)19-14-8-4-7-13(10-14)15(21)18-2/h3-10H,1-2H3,(H,18,21)(H2,19,20,22,23). The van der Waals surface area contributed by atoms with Crippen LogP contribution in [0.3, 0.4) is 0 Å². The van der Waals surface area contributed by atoms with Gasteiger partial charge in [-0.25, -0.2) is 0 Å². The number of carbonyl (C=O) groups excluding carboxylic acids is 2. The normalized spacial score (nSPS) is 9.83. The molecule has 6 heteroatoms. The Labute approximate surface area is 140 Å². The second-order valence-corrected chi connectivity index (χ2v) is 5.35. The van der Waals surface area contributed by atoms with Crippen LogP contribution in [-0.4, -0.2) is 24.0 Å². The first-order valence-corrected chi connectivity index (χ1v) is 7.41. The van der Waals surface area contributed by atoms with Crippen LogP contribution < -0.4 is 16.0 Å². The second kappa shape index (κ2) is 7.51. The maximum Gasteiger partial charge on any atom is 0.257 e. The van der Waals surface area contributed by atoms with Gasteiger partial charge < -0.3 is 10.6 Å². The first-order chi connectivity index (χ1) is 11.0. The molecule has 0 aliphatic rings. The summed E-state index contributed by atoms with van der Waals surface area (Å²) in [6.45, 7) is 1.91. The SMILES string of the molecule is CNC(=O)c1cccc(NC(=S)NC(=O)c2cccc(C)c2)c1. The van der Waals surface area contributed by atoms with Crippen LogP contribution in [0.1, 0.15) is 26.3 Å². The number of hydrogen-bond acceptors (Lipinski definition) is 3. The molecule has 0 spiro atoms. The molecule has 0 aromatic heterocycles. The molecule has 118 valence electrons. The van der Waals surface area contributed by atoms with Crippen LogP contribution in [0.5, 0.6) is 0 Å². The molecule has 3 N–H and O–H groups in total. The average molecular weight is 327 g/mol. The van der Waals surface area contributed by atoms with Crippen molar-refractivity contribution in [2.45, 2.75) is 6.92 Å². The third-order valence-corrected chi connectivity index (χ3v) is 3.32. The number of benzene rings is 2. The van der Waals surface area contributed by atoms with Crippen LogP contribution in [-0.2, 0) is 0 Å². The van der Waals surface area contributed by atoms with Gasteiger partial charge in [0.05, 0.1) is 0 Å². The van der Waals surface area contributed by atoms with Crippen molar-refractivity contribution in [3.05, 3.63) is 65.2 Å². The van der Waals surface area contributed by atoms with Crippen LogP contribution in [0.4, 0.5) is 5.69 Å². The van der Waals surface area contributed by atoms with Gasteiger partial charge in [-0.15, -0.1) is 0 Å². The molecule has 0 heterocycles. The minimum atomic E-state index is -0.284. The Morgan fingerprint density at radius 3 is 2.26 bits per heavy atom. The smallest absolute Gasteiger partial charge is 0.257 e. The summed E-state index contributed by atoms with van der Waals surface area (Å²) in [5.74, 6) is -0.475. The van der Waals surface area contributed by atoms with E-state index < -0.39 is 0 Å². The lowest BCUT2D eigenvalue weighted by molar-refractivity contribution is 0.0959. The van der Waals surface area contributed by atoms with Crippen LogP contribution in [0, 0.1) is 6.92 Å². The summed E-state index contributed by atoms with van der Waals surface area (Å²) >= 11 is 5.14. The minimum Gasteiger partial charge on any atom is -0.355 e. The summed E-state index contributed by atoms with van der Waals surface area (Å²) < 4.78 is 0. The number of aryl methyl sites for hydroxylation is 1. The van der Waals surface area contributed by atoms with E-state index in [-0.39, 0.29) is 16.9 Å². The van der Waals surface area contributed by atoms with E-state index >= 15 is 0 Å². The van der Waals surface area contributed by atoms with Gasteiger partial charge in [-0.1, -0.05) is 23.8 Å². The molecule has 0 saturated carbocycles. The molecule has 2 aromatic carbocycles. The Morgan fingerprint density at radius 1 is 0.957 bits per heavy atom. The Kier molecular flexibility index (Phi) is 5.43. The molecule has 0 aliphatic carbocycles. The second-order valence-electron chi connectivity index (χ2n) is 4.94. The molecule has 2 amide bonds. The van der Waals surface area contributed by atoms with E-state index in [1.54, 1.807) is 43.4 Å². The fourth-order valence-corrected chi connectivity index (χ4v) is 2.22. The average Bonchev–Trinajstić information content (AvgIpc) is 2.54. The highest BCUT2D eigenvalue weighted by Gasteiger charge is 2.09. The summed E-state index contributed by atoms with van der Waals surface area (Å²) in [6, 6.07) is 14.1. The monoisotopic (exact) mass is 327 g/mol. The van der Waals surface area contributed by atoms with Gasteiger partial charge in [0.25, 0.3) is 11.8 Å². The number of anilines is 1. The third kappa shape index (κ3) is 4.62. The van der Waals surface area contributed by atoms with Crippen molar-refractivity contribution in [1.82, 2.24) is 10.6 Å². The fraction of sp³-hybridized carbons (Fsp3) is 0.118. The summed E-state index contributed by atoms with van der Waals surface area (Å²) in [5.41, 5.74) is 2.66. The Bertz CT molecular complexity index is 759. The van der Waals surface area contributed by atoms with E-state index in [1.807, 2.05) is 19.1 Å². The number of nitrogens with one attached hydrogen (secondary N) is 3. The maximum atomic E-state index is 12.1. The van der Waals surface area contributed by atoms with Crippen LogP contribution in [0.15, 0.2) is 48.5 Å². The molecule has 0 unspecified atom stereocenters. The number of hydrogen-bond donors (Lipinski definition) is 3. The quantitative estimate of drug-likeness (QED) is 0.758. The van der Waals surface area contributed by atoms with Crippen molar-refractivity contribution in [2.75, 3.05) is 12.4 Å². The van der Waals surface area contributed by atoms with Gasteiger partial charge in [-0.3, -0.25) is 14.9 Å². The minimum absolute atomic E-state index is 0.172. The van der Waals surface area contributed by atoms with Gasteiger partial charge >= 0.3 is 0 Å².